The van der Waals surface area contributed by atoms with Crippen LogP contribution in [-0.4, -0.2) is 62.0 Å². The average molecular weight is 438 g/mol. The van der Waals surface area contributed by atoms with Crippen LogP contribution in [0, 0.1) is 12.8 Å². The molecule has 2 aromatic carbocycles. The third-order valence-electron chi connectivity index (χ3n) is 5.88. The van der Waals surface area contributed by atoms with Gasteiger partial charge in [0.25, 0.3) is 11.8 Å². The predicted molar refractivity (Wildman–Crippen MR) is 122 cm³/mol. The standard InChI is InChI=1S/C25H31N3O4/c1-18-8-6-7-11-21(18)23(29)27-22(24(30)26-14-17-32-2)19-12-15-28(16-13-19)25(31)20-9-4-3-5-10-20/h3-11,19,22H,12-17H2,1-2H3,(H,26,30)(H,27,29)/t22-/m1/s1. The molecule has 1 aliphatic heterocycles. The van der Waals surface area contributed by atoms with Crippen molar-refractivity contribution in [1.82, 2.24) is 15.5 Å². The van der Waals surface area contributed by atoms with Crippen LogP contribution in [0.25, 0.3) is 0 Å². The van der Waals surface area contributed by atoms with E-state index in [-0.39, 0.29) is 23.6 Å². The summed E-state index contributed by atoms with van der Waals surface area (Å²) in [6.07, 6.45) is 1.27. The zero-order valence-corrected chi connectivity index (χ0v) is 18.7. The van der Waals surface area contributed by atoms with Gasteiger partial charge in [-0.1, -0.05) is 36.4 Å². The van der Waals surface area contributed by atoms with Gasteiger partial charge in [0, 0.05) is 37.9 Å². The first-order valence-electron chi connectivity index (χ1n) is 11.0. The molecule has 3 amide bonds. The summed E-state index contributed by atoms with van der Waals surface area (Å²) >= 11 is 0. The number of hydrogen-bond donors (Lipinski definition) is 2. The number of methoxy groups -OCH3 is 1. The average Bonchev–Trinajstić information content (AvgIpc) is 2.83. The monoisotopic (exact) mass is 437 g/mol. The van der Waals surface area contributed by atoms with Crippen LogP contribution in [0.2, 0.25) is 0 Å². The van der Waals surface area contributed by atoms with E-state index in [0.717, 1.165) is 5.56 Å². The SMILES string of the molecule is COCCNC(=O)[C@H](NC(=O)c1ccccc1C)C1CCN(C(=O)c2ccccc2)CC1. The number of aryl methyl sites for hydroxylation is 1. The second kappa shape index (κ2) is 11.4. The molecule has 0 unspecified atom stereocenters. The number of hydrogen-bond acceptors (Lipinski definition) is 4. The third kappa shape index (κ3) is 5.95. The van der Waals surface area contributed by atoms with E-state index in [0.29, 0.717) is 50.2 Å². The van der Waals surface area contributed by atoms with Crippen molar-refractivity contribution in [3.63, 3.8) is 0 Å². The maximum absolute atomic E-state index is 12.9. The summed E-state index contributed by atoms with van der Waals surface area (Å²) in [4.78, 5) is 40.4. The fourth-order valence-corrected chi connectivity index (χ4v) is 4.03. The molecule has 170 valence electrons. The van der Waals surface area contributed by atoms with Crippen molar-refractivity contribution in [1.29, 1.82) is 0 Å². The minimum Gasteiger partial charge on any atom is -0.383 e. The lowest BCUT2D eigenvalue weighted by Crippen LogP contribution is -2.54. The lowest BCUT2D eigenvalue weighted by molar-refractivity contribution is -0.124. The lowest BCUT2D eigenvalue weighted by Gasteiger charge is -2.36. The van der Waals surface area contributed by atoms with E-state index < -0.39 is 6.04 Å². The number of likely N-dealkylation sites (tertiary alicyclic amines) is 1. The Morgan fingerprint density at radius 2 is 1.69 bits per heavy atom. The second-order valence-corrected chi connectivity index (χ2v) is 8.05. The highest BCUT2D eigenvalue weighted by atomic mass is 16.5. The van der Waals surface area contributed by atoms with Crippen molar-refractivity contribution in [3.8, 4) is 0 Å². The molecule has 1 aliphatic rings. The zero-order chi connectivity index (χ0) is 22.9. The van der Waals surface area contributed by atoms with Gasteiger partial charge in [0.1, 0.15) is 6.04 Å². The van der Waals surface area contributed by atoms with Gasteiger partial charge in [-0.3, -0.25) is 14.4 Å². The first-order chi connectivity index (χ1) is 15.5. The summed E-state index contributed by atoms with van der Waals surface area (Å²) in [7, 11) is 1.57. The van der Waals surface area contributed by atoms with E-state index in [2.05, 4.69) is 10.6 Å². The highest BCUT2D eigenvalue weighted by Crippen LogP contribution is 2.23. The predicted octanol–water partition coefficient (Wildman–Crippen LogP) is 2.41. The highest BCUT2D eigenvalue weighted by Gasteiger charge is 2.34. The number of benzene rings is 2. The molecule has 0 aliphatic carbocycles. The number of rotatable bonds is 8. The third-order valence-corrected chi connectivity index (χ3v) is 5.88. The zero-order valence-electron chi connectivity index (χ0n) is 18.7. The number of carbonyl (C=O) groups is 3. The number of amides is 3. The first-order valence-corrected chi connectivity index (χ1v) is 11.0. The van der Waals surface area contributed by atoms with Crippen LogP contribution in [0.3, 0.4) is 0 Å². The summed E-state index contributed by atoms with van der Waals surface area (Å²) < 4.78 is 5.02. The van der Waals surface area contributed by atoms with Crippen LogP contribution < -0.4 is 10.6 Å². The number of carbonyl (C=O) groups excluding carboxylic acids is 3. The van der Waals surface area contributed by atoms with Crippen molar-refractivity contribution >= 4 is 17.7 Å². The Kier molecular flexibility index (Phi) is 8.39. The van der Waals surface area contributed by atoms with E-state index in [1.807, 2.05) is 60.4 Å². The van der Waals surface area contributed by atoms with Gasteiger partial charge in [0.15, 0.2) is 0 Å². The Hall–Kier alpha value is -3.19. The maximum Gasteiger partial charge on any atom is 0.253 e. The molecular formula is C25H31N3O4. The fourth-order valence-electron chi connectivity index (χ4n) is 4.03. The lowest BCUT2D eigenvalue weighted by atomic mass is 9.88. The van der Waals surface area contributed by atoms with Crippen LogP contribution in [0.4, 0.5) is 0 Å². The maximum atomic E-state index is 12.9. The first kappa shape index (κ1) is 23.5. The molecule has 32 heavy (non-hydrogen) atoms. The summed E-state index contributed by atoms with van der Waals surface area (Å²) in [5.74, 6) is -0.561. The van der Waals surface area contributed by atoms with Crippen molar-refractivity contribution in [2.24, 2.45) is 5.92 Å². The quantitative estimate of drug-likeness (QED) is 0.621. The van der Waals surface area contributed by atoms with Gasteiger partial charge in [-0.15, -0.1) is 0 Å². The van der Waals surface area contributed by atoms with E-state index in [9.17, 15) is 14.4 Å². The molecule has 1 fully saturated rings. The Morgan fingerprint density at radius 1 is 1.03 bits per heavy atom. The molecular weight excluding hydrogens is 406 g/mol. The molecule has 3 rings (SSSR count). The molecule has 7 nitrogen and oxygen atoms in total. The number of ether oxygens (including phenoxy) is 1. The normalized spacial score (nSPS) is 15.1. The van der Waals surface area contributed by atoms with E-state index >= 15 is 0 Å². The van der Waals surface area contributed by atoms with Gasteiger partial charge in [-0.05, 0) is 49.4 Å². The molecule has 1 heterocycles. The molecule has 1 atom stereocenters. The fraction of sp³-hybridized carbons (Fsp3) is 0.400. The molecule has 0 saturated carbocycles. The Balaban J connectivity index is 1.68. The molecule has 0 bridgehead atoms. The van der Waals surface area contributed by atoms with Crippen molar-refractivity contribution in [2.45, 2.75) is 25.8 Å². The summed E-state index contributed by atoms with van der Waals surface area (Å²) in [6, 6.07) is 15.8. The van der Waals surface area contributed by atoms with Crippen LogP contribution >= 0.6 is 0 Å². The number of nitrogens with zero attached hydrogens (tertiary/aromatic N) is 1. The minimum absolute atomic E-state index is 0.00547. The van der Waals surface area contributed by atoms with Gasteiger partial charge < -0.3 is 20.3 Å². The Bertz CT molecular complexity index is 924. The van der Waals surface area contributed by atoms with Crippen LogP contribution in [-0.2, 0) is 9.53 Å². The highest BCUT2D eigenvalue weighted by molar-refractivity contribution is 5.98. The Morgan fingerprint density at radius 3 is 2.34 bits per heavy atom. The minimum atomic E-state index is -0.673. The molecule has 2 N–H and O–H groups in total. The summed E-state index contributed by atoms with van der Waals surface area (Å²) in [5, 5.41) is 5.80. The summed E-state index contributed by atoms with van der Waals surface area (Å²) in [5.41, 5.74) is 2.07. The van der Waals surface area contributed by atoms with Crippen LogP contribution in [0.15, 0.2) is 54.6 Å². The largest absolute Gasteiger partial charge is 0.383 e. The number of nitrogens with one attached hydrogen (secondary N) is 2. The van der Waals surface area contributed by atoms with E-state index in [4.69, 9.17) is 4.74 Å². The number of piperidine rings is 1. The van der Waals surface area contributed by atoms with Gasteiger partial charge >= 0.3 is 0 Å². The molecule has 2 aromatic rings. The molecule has 1 saturated heterocycles. The molecule has 0 spiro atoms. The smallest absolute Gasteiger partial charge is 0.253 e. The van der Waals surface area contributed by atoms with Gasteiger partial charge in [0.05, 0.1) is 6.61 Å². The van der Waals surface area contributed by atoms with Crippen molar-refractivity contribution < 1.29 is 19.1 Å². The molecule has 0 aromatic heterocycles. The van der Waals surface area contributed by atoms with Gasteiger partial charge in [-0.2, -0.15) is 0 Å². The topological polar surface area (TPSA) is 87.7 Å². The second-order valence-electron chi connectivity index (χ2n) is 8.05. The molecule has 7 heteroatoms. The van der Waals surface area contributed by atoms with E-state index in [1.54, 1.807) is 13.2 Å². The van der Waals surface area contributed by atoms with Crippen molar-refractivity contribution in [3.05, 3.63) is 71.3 Å². The van der Waals surface area contributed by atoms with Gasteiger partial charge in [0.2, 0.25) is 5.91 Å². The summed E-state index contributed by atoms with van der Waals surface area (Å²) in [6.45, 7) is 3.73. The van der Waals surface area contributed by atoms with Crippen LogP contribution in [0.1, 0.15) is 39.1 Å². The van der Waals surface area contributed by atoms with Crippen molar-refractivity contribution in [2.75, 3.05) is 33.4 Å². The van der Waals surface area contributed by atoms with Gasteiger partial charge in [-0.25, -0.2) is 0 Å². The van der Waals surface area contributed by atoms with E-state index in [1.165, 1.54) is 0 Å². The van der Waals surface area contributed by atoms with Crippen LogP contribution in [0.5, 0.6) is 0 Å². The Labute approximate surface area is 189 Å². The molecule has 0 radical (unpaired) electrons.